The van der Waals surface area contributed by atoms with Crippen LogP contribution in [0.2, 0.25) is 0 Å². The van der Waals surface area contributed by atoms with Crippen molar-refractivity contribution in [2.75, 3.05) is 6.61 Å². The molecule has 0 saturated heterocycles. The molecule has 0 saturated carbocycles. The van der Waals surface area contributed by atoms with E-state index >= 15 is 0 Å². The number of benzene rings is 2. The van der Waals surface area contributed by atoms with E-state index in [0.29, 0.717) is 18.8 Å². The second kappa shape index (κ2) is 7.99. The standard InChI is InChI=1S/C20H26O/c1-16(2)15-18-11-6-7-12-20(18)19(13-8-14-21)17-9-4-3-5-10-17/h3-7,9-12,16,19,21H,8,13-15H2,1-2H3/i19D. The van der Waals surface area contributed by atoms with Crippen LogP contribution in [0.3, 0.4) is 0 Å². The van der Waals surface area contributed by atoms with Crippen LogP contribution in [-0.4, -0.2) is 11.7 Å². The molecule has 0 aliphatic heterocycles. The summed E-state index contributed by atoms with van der Waals surface area (Å²) in [5.74, 6) is -0.242. The van der Waals surface area contributed by atoms with Gasteiger partial charge < -0.3 is 5.11 Å². The van der Waals surface area contributed by atoms with Crippen LogP contribution in [0.4, 0.5) is 0 Å². The summed E-state index contributed by atoms with van der Waals surface area (Å²) in [4.78, 5) is 0. The maximum absolute atomic E-state index is 9.25. The van der Waals surface area contributed by atoms with E-state index < -0.39 is 5.89 Å². The fourth-order valence-electron chi connectivity index (χ4n) is 2.76. The zero-order valence-corrected chi connectivity index (χ0v) is 13.0. The highest BCUT2D eigenvalue weighted by Crippen LogP contribution is 2.32. The third-order valence-corrected chi connectivity index (χ3v) is 3.68. The zero-order chi connectivity index (χ0) is 16.0. The molecule has 1 atom stereocenters. The van der Waals surface area contributed by atoms with Gasteiger partial charge in [0.15, 0.2) is 0 Å². The van der Waals surface area contributed by atoms with Crippen LogP contribution in [0, 0.1) is 5.92 Å². The summed E-state index contributed by atoms with van der Waals surface area (Å²) in [6, 6.07) is 18.3. The summed E-state index contributed by atoms with van der Waals surface area (Å²) in [6.07, 6.45) is 2.24. The third kappa shape index (κ3) is 4.44. The van der Waals surface area contributed by atoms with Crippen molar-refractivity contribution in [3.63, 3.8) is 0 Å². The summed E-state index contributed by atoms with van der Waals surface area (Å²) in [5, 5.41) is 9.25. The van der Waals surface area contributed by atoms with Crippen molar-refractivity contribution in [3.05, 3.63) is 71.3 Å². The molecule has 2 aromatic rings. The van der Waals surface area contributed by atoms with E-state index in [2.05, 4.69) is 32.0 Å². The van der Waals surface area contributed by atoms with Gasteiger partial charge in [-0.3, -0.25) is 0 Å². The topological polar surface area (TPSA) is 20.2 Å². The van der Waals surface area contributed by atoms with Gasteiger partial charge in [-0.05, 0) is 41.9 Å². The molecule has 112 valence electrons. The Hall–Kier alpha value is -1.60. The first-order chi connectivity index (χ1) is 10.6. The predicted molar refractivity (Wildman–Crippen MR) is 89.6 cm³/mol. The fourth-order valence-corrected chi connectivity index (χ4v) is 2.76. The zero-order valence-electron chi connectivity index (χ0n) is 14.0. The Bertz CT molecular complexity index is 579. The van der Waals surface area contributed by atoms with E-state index in [1.807, 2.05) is 36.4 Å². The molecule has 1 nitrogen and oxygen atoms in total. The molecule has 0 radical (unpaired) electrons. The van der Waals surface area contributed by atoms with Crippen molar-refractivity contribution in [3.8, 4) is 0 Å². The van der Waals surface area contributed by atoms with Crippen LogP contribution < -0.4 is 0 Å². The predicted octanol–water partition coefficient (Wildman–Crippen LogP) is 4.79. The van der Waals surface area contributed by atoms with Gasteiger partial charge in [0.2, 0.25) is 0 Å². The van der Waals surface area contributed by atoms with E-state index in [1.54, 1.807) is 0 Å². The van der Waals surface area contributed by atoms with Gasteiger partial charge in [-0.25, -0.2) is 0 Å². The molecule has 0 aromatic heterocycles. The molecular weight excluding hydrogens is 256 g/mol. The molecule has 0 aliphatic carbocycles. The normalized spacial score (nSPS) is 14.8. The molecule has 0 amide bonds. The van der Waals surface area contributed by atoms with Crippen LogP contribution in [0.5, 0.6) is 0 Å². The third-order valence-electron chi connectivity index (χ3n) is 3.68. The molecule has 21 heavy (non-hydrogen) atoms. The van der Waals surface area contributed by atoms with Crippen LogP contribution in [0.15, 0.2) is 54.6 Å². The lowest BCUT2D eigenvalue weighted by Gasteiger charge is -2.22. The van der Waals surface area contributed by atoms with Crippen molar-refractivity contribution in [2.24, 2.45) is 5.92 Å². The molecule has 1 unspecified atom stereocenters. The summed E-state index contributed by atoms with van der Waals surface area (Å²) in [7, 11) is 0. The molecule has 1 heteroatoms. The van der Waals surface area contributed by atoms with Crippen LogP contribution >= 0.6 is 0 Å². The quantitative estimate of drug-likeness (QED) is 0.774. The highest BCUT2D eigenvalue weighted by molar-refractivity contribution is 5.38. The maximum atomic E-state index is 9.25. The Morgan fingerprint density at radius 2 is 1.67 bits per heavy atom. The van der Waals surface area contributed by atoms with Gasteiger partial charge in [0.05, 0.1) is 0 Å². The van der Waals surface area contributed by atoms with Gasteiger partial charge in [-0.1, -0.05) is 68.4 Å². The molecule has 0 aliphatic rings. The van der Waals surface area contributed by atoms with Crippen molar-refractivity contribution in [1.29, 1.82) is 0 Å². The van der Waals surface area contributed by atoms with Crippen molar-refractivity contribution in [1.82, 2.24) is 0 Å². The highest BCUT2D eigenvalue weighted by Gasteiger charge is 2.17. The van der Waals surface area contributed by atoms with Crippen molar-refractivity contribution < 1.29 is 6.48 Å². The van der Waals surface area contributed by atoms with Crippen LogP contribution in [0.1, 0.15) is 50.6 Å². The Balaban J connectivity index is 2.50. The second-order valence-corrected chi connectivity index (χ2v) is 5.93. The number of rotatable bonds is 7. The summed E-state index contributed by atoms with van der Waals surface area (Å²) in [5.41, 5.74) is 3.32. The van der Waals surface area contributed by atoms with E-state index in [1.165, 1.54) is 5.56 Å². The largest absolute Gasteiger partial charge is 0.396 e. The first-order valence-corrected chi connectivity index (χ1v) is 7.82. The lowest BCUT2D eigenvalue weighted by molar-refractivity contribution is 0.282. The molecule has 2 aromatic carbocycles. The Labute approximate surface area is 130 Å². The smallest absolute Gasteiger partial charge is 0.0431 e. The van der Waals surface area contributed by atoms with E-state index in [4.69, 9.17) is 0 Å². The van der Waals surface area contributed by atoms with Gasteiger partial charge in [0.1, 0.15) is 0 Å². The molecule has 1 N–H and O–H groups in total. The summed E-state index contributed by atoms with van der Waals surface area (Å²) in [6.45, 7) is 4.54. The number of hydrogen-bond donors (Lipinski definition) is 1. The van der Waals surface area contributed by atoms with Gasteiger partial charge in [0, 0.05) is 13.9 Å². The Morgan fingerprint density at radius 3 is 2.33 bits per heavy atom. The highest BCUT2D eigenvalue weighted by atomic mass is 16.2. The monoisotopic (exact) mass is 283 g/mol. The molecule has 0 heterocycles. The van der Waals surface area contributed by atoms with Crippen LogP contribution in [0.25, 0.3) is 0 Å². The average molecular weight is 283 g/mol. The van der Waals surface area contributed by atoms with Gasteiger partial charge in [-0.15, -0.1) is 0 Å². The van der Waals surface area contributed by atoms with Gasteiger partial charge in [-0.2, -0.15) is 0 Å². The molecule has 0 spiro atoms. The van der Waals surface area contributed by atoms with E-state index in [0.717, 1.165) is 17.5 Å². The fraction of sp³-hybridized carbons (Fsp3) is 0.400. The minimum Gasteiger partial charge on any atom is -0.396 e. The Morgan fingerprint density at radius 1 is 1.00 bits per heavy atom. The van der Waals surface area contributed by atoms with Gasteiger partial charge in [0.25, 0.3) is 0 Å². The van der Waals surface area contributed by atoms with Crippen molar-refractivity contribution in [2.45, 2.75) is 39.0 Å². The van der Waals surface area contributed by atoms with Crippen LogP contribution in [-0.2, 0) is 6.42 Å². The summed E-state index contributed by atoms with van der Waals surface area (Å²) < 4.78 is 9.18. The lowest BCUT2D eigenvalue weighted by atomic mass is 9.83. The van der Waals surface area contributed by atoms with Crippen molar-refractivity contribution >= 4 is 0 Å². The minimum atomic E-state index is -0.796. The first kappa shape index (κ1) is 14.3. The minimum absolute atomic E-state index is 0.125. The molecule has 0 fully saturated rings. The Kier molecular flexibility index (Phi) is 5.46. The van der Waals surface area contributed by atoms with Gasteiger partial charge >= 0.3 is 0 Å². The molecule has 0 bridgehead atoms. The first-order valence-electron chi connectivity index (χ1n) is 8.32. The second-order valence-electron chi connectivity index (χ2n) is 5.93. The SMILES string of the molecule is [2H]C(CCCO)(c1ccccc1)c1ccccc1CC(C)C. The maximum Gasteiger partial charge on any atom is 0.0431 e. The molecular formula is C20H26O. The summed E-state index contributed by atoms with van der Waals surface area (Å²) >= 11 is 0. The molecule has 2 rings (SSSR count). The lowest BCUT2D eigenvalue weighted by Crippen LogP contribution is -2.07. The van der Waals surface area contributed by atoms with E-state index in [-0.39, 0.29) is 6.61 Å². The number of aliphatic hydroxyl groups is 1. The number of aliphatic hydroxyl groups excluding tert-OH is 1. The average Bonchev–Trinajstić information content (AvgIpc) is 2.53. The number of hydrogen-bond acceptors (Lipinski definition) is 1. The van der Waals surface area contributed by atoms with E-state index in [9.17, 15) is 6.48 Å².